The van der Waals surface area contributed by atoms with E-state index in [4.69, 9.17) is 14.2 Å². The third-order valence-corrected chi connectivity index (χ3v) is 5.55. The molecule has 29 heavy (non-hydrogen) atoms. The van der Waals surface area contributed by atoms with E-state index < -0.39 is 40.9 Å². The SMILES string of the molecule is CC(=O)OC1S[C@H](COC(=O)c2ccccc2)[C@@H](OC(=O)c2ccccc2)[C@@H]1F. The van der Waals surface area contributed by atoms with E-state index in [0.29, 0.717) is 5.56 Å². The maximum atomic E-state index is 14.9. The maximum absolute atomic E-state index is 14.9. The van der Waals surface area contributed by atoms with Gasteiger partial charge in [-0.3, -0.25) is 4.79 Å². The number of benzene rings is 2. The number of rotatable bonds is 6. The van der Waals surface area contributed by atoms with Crippen molar-refractivity contribution in [3.05, 3.63) is 71.8 Å². The number of carbonyl (C=O) groups excluding carboxylic acids is 3. The molecule has 1 heterocycles. The number of ether oxygens (including phenoxy) is 3. The average molecular weight is 418 g/mol. The van der Waals surface area contributed by atoms with Crippen molar-refractivity contribution in [1.29, 1.82) is 0 Å². The number of halogens is 1. The van der Waals surface area contributed by atoms with Gasteiger partial charge in [0.15, 0.2) is 17.7 Å². The molecule has 8 heteroatoms. The lowest BCUT2D eigenvalue weighted by Gasteiger charge is -2.20. The van der Waals surface area contributed by atoms with E-state index in [-0.39, 0.29) is 12.2 Å². The van der Waals surface area contributed by atoms with Crippen LogP contribution < -0.4 is 0 Å². The minimum Gasteiger partial charge on any atom is -0.461 e. The molecule has 0 amide bonds. The topological polar surface area (TPSA) is 78.9 Å². The lowest BCUT2D eigenvalue weighted by Crippen LogP contribution is -2.37. The smallest absolute Gasteiger partial charge is 0.338 e. The van der Waals surface area contributed by atoms with Gasteiger partial charge in [0.05, 0.1) is 16.4 Å². The van der Waals surface area contributed by atoms with E-state index in [2.05, 4.69) is 0 Å². The average Bonchev–Trinajstić information content (AvgIpc) is 3.01. The van der Waals surface area contributed by atoms with E-state index in [1.54, 1.807) is 60.7 Å². The van der Waals surface area contributed by atoms with Crippen LogP contribution in [0.15, 0.2) is 60.7 Å². The number of esters is 3. The van der Waals surface area contributed by atoms with Gasteiger partial charge in [-0.1, -0.05) is 36.4 Å². The summed E-state index contributed by atoms with van der Waals surface area (Å²) in [5, 5.41) is -0.727. The Labute approximate surface area is 171 Å². The zero-order valence-electron chi connectivity index (χ0n) is 15.5. The van der Waals surface area contributed by atoms with Crippen molar-refractivity contribution < 1.29 is 33.0 Å². The van der Waals surface area contributed by atoms with E-state index in [1.165, 1.54) is 6.92 Å². The summed E-state index contributed by atoms with van der Waals surface area (Å²) in [7, 11) is 0. The monoisotopic (exact) mass is 418 g/mol. The van der Waals surface area contributed by atoms with Crippen LogP contribution in [0.2, 0.25) is 0 Å². The van der Waals surface area contributed by atoms with Crippen LogP contribution >= 0.6 is 11.8 Å². The molecular weight excluding hydrogens is 399 g/mol. The highest BCUT2D eigenvalue weighted by molar-refractivity contribution is 8.00. The minimum atomic E-state index is -1.75. The van der Waals surface area contributed by atoms with Gasteiger partial charge in [0.2, 0.25) is 0 Å². The zero-order valence-corrected chi connectivity index (χ0v) is 16.3. The summed E-state index contributed by atoms with van der Waals surface area (Å²) in [6.07, 6.45) is -2.99. The molecule has 1 fully saturated rings. The van der Waals surface area contributed by atoms with Crippen LogP contribution in [0.25, 0.3) is 0 Å². The lowest BCUT2D eigenvalue weighted by atomic mass is 10.1. The van der Waals surface area contributed by atoms with Crippen molar-refractivity contribution in [2.75, 3.05) is 6.61 Å². The van der Waals surface area contributed by atoms with Gasteiger partial charge in [-0.2, -0.15) is 0 Å². The van der Waals surface area contributed by atoms with Crippen LogP contribution in [0.5, 0.6) is 0 Å². The van der Waals surface area contributed by atoms with E-state index in [0.717, 1.165) is 11.8 Å². The molecule has 152 valence electrons. The Hall–Kier alpha value is -2.87. The van der Waals surface area contributed by atoms with E-state index in [9.17, 15) is 18.8 Å². The van der Waals surface area contributed by atoms with Gasteiger partial charge >= 0.3 is 17.9 Å². The van der Waals surface area contributed by atoms with Crippen LogP contribution in [0.3, 0.4) is 0 Å². The molecule has 0 radical (unpaired) electrons. The first-order valence-corrected chi connectivity index (χ1v) is 9.85. The fourth-order valence-corrected chi connectivity index (χ4v) is 4.15. The first-order chi connectivity index (χ1) is 14.0. The van der Waals surface area contributed by atoms with Crippen molar-refractivity contribution in [2.45, 2.75) is 29.9 Å². The molecular formula is C21H19FO6S. The predicted octanol–water partition coefficient (Wildman–Crippen LogP) is 3.41. The Bertz CT molecular complexity index is 860. The van der Waals surface area contributed by atoms with Crippen molar-refractivity contribution in [3.63, 3.8) is 0 Å². The Balaban J connectivity index is 1.70. The molecule has 2 aromatic rings. The molecule has 0 bridgehead atoms. The highest BCUT2D eigenvalue weighted by Crippen LogP contribution is 2.39. The maximum Gasteiger partial charge on any atom is 0.338 e. The Morgan fingerprint density at radius 2 is 1.45 bits per heavy atom. The molecule has 0 spiro atoms. The van der Waals surface area contributed by atoms with Crippen LogP contribution in [0.4, 0.5) is 4.39 Å². The van der Waals surface area contributed by atoms with Gasteiger partial charge in [-0.15, -0.1) is 11.8 Å². The summed E-state index contributed by atoms with van der Waals surface area (Å²) in [6, 6.07) is 16.5. The molecule has 0 N–H and O–H groups in total. The van der Waals surface area contributed by atoms with E-state index in [1.807, 2.05) is 0 Å². The van der Waals surface area contributed by atoms with Gasteiger partial charge < -0.3 is 14.2 Å². The third kappa shape index (κ3) is 5.35. The first-order valence-electron chi connectivity index (χ1n) is 8.90. The summed E-state index contributed by atoms with van der Waals surface area (Å²) < 4.78 is 30.5. The number of thioether (sulfide) groups is 1. The lowest BCUT2D eigenvalue weighted by molar-refractivity contribution is -0.145. The highest BCUT2D eigenvalue weighted by Gasteiger charge is 2.49. The molecule has 2 aromatic carbocycles. The molecule has 0 saturated carbocycles. The molecule has 4 atom stereocenters. The molecule has 0 aromatic heterocycles. The summed E-state index contributed by atoms with van der Waals surface area (Å²) in [4.78, 5) is 35.8. The number of carbonyl (C=O) groups is 3. The predicted molar refractivity (Wildman–Crippen MR) is 104 cm³/mol. The minimum absolute atomic E-state index is 0.205. The van der Waals surface area contributed by atoms with Crippen molar-refractivity contribution in [2.24, 2.45) is 0 Å². The van der Waals surface area contributed by atoms with Gasteiger partial charge in [0.25, 0.3) is 0 Å². The molecule has 1 aliphatic rings. The second kappa shape index (κ2) is 9.56. The highest BCUT2D eigenvalue weighted by atomic mass is 32.2. The standard InChI is InChI=1S/C21H19FO6S/c1-13(23)27-21-17(22)18(28-20(25)15-10-6-3-7-11-15)16(29-21)12-26-19(24)14-8-4-2-5-9-14/h2-11,16-18,21H,12H2,1H3/t16-,17+,18-,21?/m1/s1. The number of alkyl halides is 1. The third-order valence-electron chi connectivity index (χ3n) is 4.17. The number of hydrogen-bond donors (Lipinski definition) is 0. The summed E-state index contributed by atoms with van der Waals surface area (Å²) in [6.45, 7) is 0.963. The zero-order chi connectivity index (χ0) is 20.8. The van der Waals surface area contributed by atoms with Crippen molar-refractivity contribution in [1.82, 2.24) is 0 Å². The van der Waals surface area contributed by atoms with Gasteiger partial charge in [-0.05, 0) is 24.3 Å². The Morgan fingerprint density at radius 3 is 2.00 bits per heavy atom. The van der Waals surface area contributed by atoms with Crippen LogP contribution in [-0.2, 0) is 19.0 Å². The van der Waals surface area contributed by atoms with Gasteiger partial charge in [-0.25, -0.2) is 14.0 Å². The number of hydrogen-bond acceptors (Lipinski definition) is 7. The van der Waals surface area contributed by atoms with E-state index >= 15 is 0 Å². The molecule has 0 aliphatic carbocycles. The quantitative estimate of drug-likeness (QED) is 0.525. The summed E-state index contributed by atoms with van der Waals surface area (Å²) in [5.41, 5.74) is -0.538. The van der Waals surface area contributed by atoms with Crippen molar-refractivity contribution >= 4 is 29.7 Å². The second-order valence-electron chi connectivity index (χ2n) is 6.30. The van der Waals surface area contributed by atoms with Gasteiger partial charge in [0, 0.05) is 6.92 Å². The van der Waals surface area contributed by atoms with Crippen LogP contribution in [0, 0.1) is 0 Å². The largest absolute Gasteiger partial charge is 0.461 e. The second-order valence-corrected chi connectivity index (χ2v) is 7.64. The summed E-state index contributed by atoms with van der Waals surface area (Å²) >= 11 is 0.957. The fourth-order valence-electron chi connectivity index (χ4n) is 2.80. The molecule has 1 unspecified atom stereocenters. The van der Waals surface area contributed by atoms with Crippen molar-refractivity contribution in [3.8, 4) is 0 Å². The molecule has 1 saturated heterocycles. The Morgan fingerprint density at radius 1 is 0.897 bits per heavy atom. The van der Waals surface area contributed by atoms with Crippen LogP contribution in [-0.4, -0.2) is 47.5 Å². The molecule has 1 aliphatic heterocycles. The summed E-state index contributed by atoms with van der Waals surface area (Å²) in [5.74, 6) is -1.94. The molecule has 6 nitrogen and oxygen atoms in total. The fraction of sp³-hybridized carbons (Fsp3) is 0.286. The molecule has 3 rings (SSSR count). The van der Waals surface area contributed by atoms with Gasteiger partial charge in [0.1, 0.15) is 6.61 Å². The first kappa shape index (κ1) is 20.9. The normalized spacial score (nSPS) is 23.2. The Kier molecular flexibility index (Phi) is 6.87. The van der Waals surface area contributed by atoms with Crippen LogP contribution in [0.1, 0.15) is 27.6 Å².